The van der Waals surface area contributed by atoms with Crippen molar-refractivity contribution in [3.05, 3.63) is 11.9 Å². The van der Waals surface area contributed by atoms with E-state index >= 15 is 0 Å². The van der Waals surface area contributed by atoms with E-state index in [1.807, 2.05) is 33.9 Å². The topological polar surface area (TPSA) is 102 Å². The third-order valence-electron chi connectivity index (χ3n) is 4.79. The van der Waals surface area contributed by atoms with Gasteiger partial charge >= 0.3 is 0 Å². The van der Waals surface area contributed by atoms with Gasteiger partial charge in [-0.15, -0.1) is 5.10 Å². The molecule has 0 spiro atoms. The number of rotatable bonds is 21. The normalized spacial score (nSPS) is 11.6. The molecular weight excluding hydrogens is 414 g/mol. The highest BCUT2D eigenvalue weighted by Gasteiger charge is 2.07. The molecule has 0 N–H and O–H groups in total. The average Bonchev–Trinajstić information content (AvgIpc) is 3.21. The number of carbonyl (C=O) groups excluding carboxylic acids is 2. The number of aromatic nitrogens is 3. The number of ether oxygens (including phenoxy) is 4. The van der Waals surface area contributed by atoms with Crippen molar-refractivity contribution in [1.29, 1.82) is 0 Å². The van der Waals surface area contributed by atoms with Crippen molar-refractivity contribution >= 4 is 11.6 Å². The summed E-state index contributed by atoms with van der Waals surface area (Å²) >= 11 is 0. The molecule has 0 aliphatic rings. The van der Waals surface area contributed by atoms with Crippen LogP contribution < -0.4 is 0 Å². The Morgan fingerprint density at radius 3 is 1.91 bits per heavy atom. The van der Waals surface area contributed by atoms with Crippen LogP contribution in [-0.4, -0.2) is 72.8 Å². The second-order valence-electron chi connectivity index (χ2n) is 8.31. The van der Waals surface area contributed by atoms with Crippen LogP contribution in [0.4, 0.5) is 0 Å². The van der Waals surface area contributed by atoms with E-state index in [2.05, 4.69) is 10.3 Å². The molecule has 0 aromatic carbocycles. The van der Waals surface area contributed by atoms with Gasteiger partial charge in [-0.1, -0.05) is 32.9 Å². The fraction of sp³-hybridized carbons (Fsp3) is 0.826. The van der Waals surface area contributed by atoms with Crippen molar-refractivity contribution in [2.45, 2.75) is 66.5 Å². The van der Waals surface area contributed by atoms with Gasteiger partial charge in [-0.3, -0.25) is 14.3 Å². The van der Waals surface area contributed by atoms with E-state index in [4.69, 9.17) is 18.9 Å². The van der Waals surface area contributed by atoms with Crippen LogP contribution in [0.3, 0.4) is 0 Å². The van der Waals surface area contributed by atoms with Crippen LogP contribution in [0.25, 0.3) is 0 Å². The lowest BCUT2D eigenvalue weighted by molar-refractivity contribution is -0.123. The molecule has 1 rings (SSSR count). The first-order valence-electron chi connectivity index (χ1n) is 11.7. The summed E-state index contributed by atoms with van der Waals surface area (Å²) in [6.07, 6.45) is 4.73. The lowest BCUT2D eigenvalue weighted by Crippen LogP contribution is -2.14. The number of carbonyl (C=O) groups is 2. The molecule has 1 aromatic rings. The Morgan fingerprint density at radius 2 is 1.31 bits per heavy atom. The number of hydrogen-bond acceptors (Lipinski definition) is 8. The van der Waals surface area contributed by atoms with E-state index in [9.17, 15) is 9.59 Å². The molecule has 0 amide bonds. The Kier molecular flexibility index (Phi) is 15.8. The van der Waals surface area contributed by atoms with Crippen molar-refractivity contribution in [3.8, 4) is 0 Å². The maximum absolute atomic E-state index is 11.6. The quantitative estimate of drug-likeness (QED) is 0.261. The molecule has 0 saturated heterocycles. The minimum Gasteiger partial charge on any atom is -0.379 e. The third kappa shape index (κ3) is 14.4. The van der Waals surface area contributed by atoms with Crippen LogP contribution in [0.2, 0.25) is 0 Å². The van der Waals surface area contributed by atoms with Crippen LogP contribution in [0.15, 0.2) is 6.20 Å². The largest absolute Gasteiger partial charge is 0.379 e. The predicted octanol–water partition coefficient (Wildman–Crippen LogP) is 2.86. The van der Waals surface area contributed by atoms with E-state index in [1.165, 1.54) is 0 Å². The molecule has 184 valence electrons. The van der Waals surface area contributed by atoms with Gasteiger partial charge in [-0.25, -0.2) is 0 Å². The molecule has 0 aliphatic carbocycles. The molecule has 1 aromatic heterocycles. The summed E-state index contributed by atoms with van der Waals surface area (Å²) in [5.41, 5.74) is 0.779. The predicted molar refractivity (Wildman–Crippen MR) is 120 cm³/mol. The zero-order valence-corrected chi connectivity index (χ0v) is 20.2. The van der Waals surface area contributed by atoms with Gasteiger partial charge in [0, 0.05) is 31.2 Å². The molecule has 0 unspecified atom stereocenters. The number of hydrogen-bond donors (Lipinski definition) is 0. The first kappa shape index (κ1) is 28.4. The molecular formula is C23H41N3O6. The zero-order valence-electron chi connectivity index (χ0n) is 20.2. The summed E-state index contributed by atoms with van der Waals surface area (Å²) in [6, 6.07) is 0. The number of aryl methyl sites for hydroxylation is 1. The second-order valence-corrected chi connectivity index (χ2v) is 8.31. The highest BCUT2D eigenvalue weighted by atomic mass is 16.6. The maximum Gasteiger partial charge on any atom is 0.137 e. The van der Waals surface area contributed by atoms with Crippen LogP contribution in [0.5, 0.6) is 0 Å². The van der Waals surface area contributed by atoms with Gasteiger partial charge in [-0.2, -0.15) is 0 Å². The van der Waals surface area contributed by atoms with Gasteiger partial charge in [-0.05, 0) is 12.8 Å². The molecule has 1 heterocycles. The van der Waals surface area contributed by atoms with Crippen molar-refractivity contribution in [3.63, 3.8) is 0 Å². The van der Waals surface area contributed by atoms with Gasteiger partial charge < -0.3 is 18.9 Å². The molecule has 0 bridgehead atoms. The molecule has 9 nitrogen and oxygen atoms in total. The number of nitrogens with zero attached hydrogens (tertiary/aromatic N) is 3. The van der Waals surface area contributed by atoms with Gasteiger partial charge in [0.25, 0.3) is 0 Å². The Balaban J connectivity index is 1.89. The van der Waals surface area contributed by atoms with Crippen LogP contribution in [-0.2, 0) is 41.7 Å². The van der Waals surface area contributed by atoms with Gasteiger partial charge in [0.2, 0.25) is 0 Å². The Labute approximate surface area is 192 Å². The van der Waals surface area contributed by atoms with E-state index in [1.54, 1.807) is 4.68 Å². The van der Waals surface area contributed by atoms with E-state index in [0.29, 0.717) is 71.5 Å². The third-order valence-corrected chi connectivity index (χ3v) is 4.79. The smallest absolute Gasteiger partial charge is 0.137 e. The fourth-order valence-electron chi connectivity index (χ4n) is 2.67. The van der Waals surface area contributed by atoms with E-state index in [0.717, 1.165) is 25.1 Å². The average molecular weight is 456 g/mol. The molecule has 0 fully saturated rings. The number of ketones is 2. The molecule has 0 aliphatic heterocycles. The number of unbranched alkanes of at least 4 members (excludes halogenated alkanes) is 1. The van der Waals surface area contributed by atoms with Crippen LogP contribution in [0.1, 0.15) is 59.1 Å². The first-order valence-corrected chi connectivity index (χ1v) is 11.7. The molecule has 32 heavy (non-hydrogen) atoms. The van der Waals surface area contributed by atoms with Crippen LogP contribution in [0, 0.1) is 11.8 Å². The van der Waals surface area contributed by atoms with E-state index < -0.39 is 0 Å². The van der Waals surface area contributed by atoms with Crippen LogP contribution >= 0.6 is 0 Å². The number of Topliss-reactive ketones (excluding diaryl/α,β-unsaturated/α-hetero) is 2. The summed E-state index contributed by atoms with van der Waals surface area (Å²) in [6.45, 7) is 12.1. The molecule has 0 saturated carbocycles. The van der Waals surface area contributed by atoms with Gasteiger partial charge in [0.05, 0.1) is 59.1 Å². The highest BCUT2D eigenvalue weighted by Crippen LogP contribution is 2.06. The lowest BCUT2D eigenvalue weighted by atomic mass is 10.0. The molecule has 0 atom stereocenters. The SMILES string of the molecule is CC(C)C(=O)CCCCn1cc(COCCOCCOCCOCCC(=O)C(C)C)nn1. The van der Waals surface area contributed by atoms with E-state index in [-0.39, 0.29) is 17.6 Å². The Bertz CT molecular complexity index is 633. The van der Waals surface area contributed by atoms with Gasteiger partial charge in [0.15, 0.2) is 0 Å². The van der Waals surface area contributed by atoms with Crippen molar-refractivity contribution in [1.82, 2.24) is 15.0 Å². The monoisotopic (exact) mass is 455 g/mol. The minimum absolute atomic E-state index is 0.0632. The summed E-state index contributed by atoms with van der Waals surface area (Å²) in [4.78, 5) is 23.0. The van der Waals surface area contributed by atoms with Crippen molar-refractivity contribution in [2.75, 3.05) is 46.2 Å². The summed E-state index contributed by atoms with van der Waals surface area (Å²) in [7, 11) is 0. The van der Waals surface area contributed by atoms with Crippen molar-refractivity contribution in [2.24, 2.45) is 11.8 Å². The first-order chi connectivity index (χ1) is 15.4. The zero-order chi connectivity index (χ0) is 23.6. The fourth-order valence-corrected chi connectivity index (χ4v) is 2.67. The second kappa shape index (κ2) is 17.8. The van der Waals surface area contributed by atoms with Gasteiger partial charge in [0.1, 0.15) is 17.3 Å². The maximum atomic E-state index is 11.6. The van der Waals surface area contributed by atoms with Crippen molar-refractivity contribution < 1.29 is 28.5 Å². The summed E-state index contributed by atoms with van der Waals surface area (Å²) in [5.74, 6) is 0.705. The highest BCUT2D eigenvalue weighted by molar-refractivity contribution is 5.80. The Hall–Kier alpha value is -1.68. The molecule has 9 heteroatoms. The Morgan fingerprint density at radius 1 is 0.781 bits per heavy atom. The standard InChI is InChI=1S/C23H41N3O6/c1-19(2)22(27)7-5-6-9-26-17-21(24-25-26)18-32-16-15-31-14-13-30-12-11-29-10-8-23(28)20(3)4/h17,19-20H,5-16,18H2,1-4H3. The molecule has 0 radical (unpaired) electrons. The summed E-state index contributed by atoms with van der Waals surface area (Å²) in [5, 5.41) is 8.18. The lowest BCUT2D eigenvalue weighted by Gasteiger charge is -2.07. The minimum atomic E-state index is 0.0632. The summed E-state index contributed by atoms with van der Waals surface area (Å²) < 4.78 is 23.6.